The smallest absolute Gasteiger partial charge is 0.138 e. The van der Waals surface area contributed by atoms with Gasteiger partial charge < -0.3 is 10.5 Å². The average Bonchev–Trinajstić information content (AvgIpc) is 2.09. The van der Waals surface area contributed by atoms with Crippen LogP contribution >= 0.6 is 11.6 Å². The van der Waals surface area contributed by atoms with Crippen molar-refractivity contribution in [3.05, 3.63) is 29.3 Å². The summed E-state index contributed by atoms with van der Waals surface area (Å²) in [6.45, 7) is 2.40. The summed E-state index contributed by atoms with van der Waals surface area (Å²) in [6, 6.07) is 7.36. The predicted octanol–water partition coefficient (Wildman–Crippen LogP) is 2.07. The van der Waals surface area contributed by atoms with Crippen molar-refractivity contribution in [3.8, 4) is 5.75 Å². The topological polar surface area (TPSA) is 35.2 Å². The van der Waals surface area contributed by atoms with Crippen LogP contribution in [-0.4, -0.2) is 12.6 Å². The molecule has 1 atom stereocenters. The molecule has 0 heterocycles. The Balaban J connectivity index is 2.69. The number of hydrogen-bond donors (Lipinski definition) is 1. The lowest BCUT2D eigenvalue weighted by Crippen LogP contribution is -2.22. The van der Waals surface area contributed by atoms with Crippen LogP contribution in [0.1, 0.15) is 6.92 Å². The van der Waals surface area contributed by atoms with Gasteiger partial charge in [-0.1, -0.05) is 23.7 Å². The second-order valence-electron chi connectivity index (χ2n) is 2.59. The molecule has 12 heavy (non-hydrogen) atoms. The van der Waals surface area contributed by atoms with E-state index in [1.807, 2.05) is 25.1 Å². The summed E-state index contributed by atoms with van der Waals surface area (Å²) in [7, 11) is 0. The molecular formula is C9H12ClNO. The summed E-state index contributed by atoms with van der Waals surface area (Å²) in [6.07, 6.45) is 0.00454. The van der Waals surface area contributed by atoms with Gasteiger partial charge in [0.25, 0.3) is 0 Å². The van der Waals surface area contributed by atoms with Gasteiger partial charge in [0.05, 0.1) is 5.02 Å². The molecule has 0 aliphatic heterocycles. The molecule has 0 unspecified atom stereocenters. The maximum atomic E-state index is 5.86. The van der Waals surface area contributed by atoms with Crippen molar-refractivity contribution < 1.29 is 4.74 Å². The molecule has 0 spiro atoms. The van der Waals surface area contributed by atoms with E-state index in [0.29, 0.717) is 17.3 Å². The molecule has 1 rings (SSSR count). The lowest BCUT2D eigenvalue weighted by Gasteiger charge is -2.12. The summed E-state index contributed by atoms with van der Waals surface area (Å²) in [5, 5.41) is 0.623. The van der Waals surface area contributed by atoms with Crippen molar-refractivity contribution in [2.24, 2.45) is 5.73 Å². The van der Waals surface area contributed by atoms with Crippen LogP contribution in [0.15, 0.2) is 24.3 Å². The van der Waals surface area contributed by atoms with E-state index in [2.05, 4.69) is 0 Å². The Morgan fingerprint density at radius 2 is 2.17 bits per heavy atom. The minimum atomic E-state index is 0.00454. The van der Waals surface area contributed by atoms with E-state index in [-0.39, 0.29) is 6.10 Å². The first-order chi connectivity index (χ1) is 5.74. The predicted molar refractivity (Wildman–Crippen MR) is 50.6 cm³/mol. The quantitative estimate of drug-likeness (QED) is 0.783. The molecule has 0 amide bonds. The molecule has 3 heteroatoms. The first-order valence-corrected chi connectivity index (χ1v) is 4.23. The standard InChI is InChI=1S/C9H12ClNO/c1-7(6-11)12-9-5-3-2-4-8(9)10/h2-5,7H,6,11H2,1H3/t7-/m1/s1. The highest BCUT2D eigenvalue weighted by atomic mass is 35.5. The number of ether oxygens (including phenoxy) is 1. The van der Waals surface area contributed by atoms with E-state index in [1.54, 1.807) is 6.07 Å². The first-order valence-electron chi connectivity index (χ1n) is 3.85. The number of hydrogen-bond acceptors (Lipinski definition) is 2. The fraction of sp³-hybridized carbons (Fsp3) is 0.333. The van der Waals surface area contributed by atoms with Gasteiger partial charge in [-0.15, -0.1) is 0 Å². The summed E-state index contributed by atoms with van der Waals surface area (Å²) < 4.78 is 5.44. The van der Waals surface area contributed by atoms with Gasteiger partial charge in [0, 0.05) is 6.54 Å². The van der Waals surface area contributed by atoms with Crippen molar-refractivity contribution in [3.63, 3.8) is 0 Å². The molecule has 0 saturated heterocycles. The van der Waals surface area contributed by atoms with Crippen LogP contribution in [0.5, 0.6) is 5.75 Å². The Morgan fingerprint density at radius 3 is 2.75 bits per heavy atom. The highest BCUT2D eigenvalue weighted by Gasteiger charge is 2.03. The van der Waals surface area contributed by atoms with Gasteiger partial charge in [0.2, 0.25) is 0 Å². The molecule has 2 N–H and O–H groups in total. The van der Waals surface area contributed by atoms with Gasteiger partial charge in [-0.05, 0) is 19.1 Å². The van der Waals surface area contributed by atoms with Crippen LogP contribution in [0.4, 0.5) is 0 Å². The third kappa shape index (κ3) is 2.40. The summed E-state index contributed by atoms with van der Waals surface area (Å²) >= 11 is 5.86. The molecule has 66 valence electrons. The fourth-order valence-corrected chi connectivity index (χ4v) is 0.985. The monoisotopic (exact) mass is 185 g/mol. The Hall–Kier alpha value is -0.730. The Kier molecular flexibility index (Phi) is 3.38. The van der Waals surface area contributed by atoms with Gasteiger partial charge in [0.15, 0.2) is 0 Å². The van der Waals surface area contributed by atoms with E-state index in [0.717, 1.165) is 0 Å². The third-order valence-electron chi connectivity index (χ3n) is 1.50. The average molecular weight is 186 g/mol. The molecule has 1 aromatic carbocycles. The zero-order valence-electron chi connectivity index (χ0n) is 6.96. The number of nitrogens with two attached hydrogens (primary N) is 1. The zero-order chi connectivity index (χ0) is 8.97. The fourth-order valence-electron chi connectivity index (χ4n) is 0.805. The van der Waals surface area contributed by atoms with Gasteiger partial charge in [-0.3, -0.25) is 0 Å². The van der Waals surface area contributed by atoms with E-state index in [1.165, 1.54) is 0 Å². The zero-order valence-corrected chi connectivity index (χ0v) is 7.71. The van der Waals surface area contributed by atoms with Gasteiger partial charge in [0.1, 0.15) is 11.9 Å². The van der Waals surface area contributed by atoms with Crippen LogP contribution in [0, 0.1) is 0 Å². The van der Waals surface area contributed by atoms with Crippen molar-refractivity contribution in [2.45, 2.75) is 13.0 Å². The number of halogens is 1. The highest BCUT2D eigenvalue weighted by molar-refractivity contribution is 6.32. The molecular weight excluding hydrogens is 174 g/mol. The van der Waals surface area contributed by atoms with Crippen LogP contribution in [0.3, 0.4) is 0 Å². The van der Waals surface area contributed by atoms with Crippen LogP contribution in [-0.2, 0) is 0 Å². The van der Waals surface area contributed by atoms with Gasteiger partial charge in [-0.2, -0.15) is 0 Å². The first kappa shape index (κ1) is 9.36. The minimum Gasteiger partial charge on any atom is -0.488 e. The molecule has 0 aliphatic carbocycles. The van der Waals surface area contributed by atoms with Crippen molar-refractivity contribution >= 4 is 11.6 Å². The molecule has 0 aliphatic rings. The molecule has 0 saturated carbocycles. The Labute approximate surface area is 77.3 Å². The molecule has 0 radical (unpaired) electrons. The summed E-state index contributed by atoms with van der Waals surface area (Å²) in [4.78, 5) is 0. The Morgan fingerprint density at radius 1 is 1.50 bits per heavy atom. The maximum Gasteiger partial charge on any atom is 0.138 e. The van der Waals surface area contributed by atoms with Crippen molar-refractivity contribution in [1.82, 2.24) is 0 Å². The van der Waals surface area contributed by atoms with E-state index >= 15 is 0 Å². The maximum absolute atomic E-state index is 5.86. The summed E-state index contributed by atoms with van der Waals surface area (Å²) in [5.41, 5.74) is 5.40. The van der Waals surface area contributed by atoms with E-state index in [4.69, 9.17) is 22.1 Å². The number of para-hydroxylation sites is 1. The van der Waals surface area contributed by atoms with E-state index < -0.39 is 0 Å². The van der Waals surface area contributed by atoms with Crippen LogP contribution < -0.4 is 10.5 Å². The number of benzene rings is 1. The lowest BCUT2D eigenvalue weighted by molar-refractivity contribution is 0.230. The van der Waals surface area contributed by atoms with Crippen LogP contribution in [0.2, 0.25) is 5.02 Å². The largest absolute Gasteiger partial charge is 0.488 e. The van der Waals surface area contributed by atoms with Crippen molar-refractivity contribution in [2.75, 3.05) is 6.54 Å². The van der Waals surface area contributed by atoms with Gasteiger partial charge in [-0.25, -0.2) is 0 Å². The third-order valence-corrected chi connectivity index (χ3v) is 1.81. The summed E-state index contributed by atoms with van der Waals surface area (Å²) in [5.74, 6) is 0.692. The molecule has 0 bridgehead atoms. The Bertz CT molecular complexity index is 252. The lowest BCUT2D eigenvalue weighted by atomic mass is 10.3. The SMILES string of the molecule is C[C@H](CN)Oc1ccccc1Cl. The molecule has 1 aromatic rings. The molecule has 0 fully saturated rings. The number of rotatable bonds is 3. The molecule has 2 nitrogen and oxygen atoms in total. The minimum absolute atomic E-state index is 0.00454. The van der Waals surface area contributed by atoms with E-state index in [9.17, 15) is 0 Å². The van der Waals surface area contributed by atoms with Gasteiger partial charge >= 0.3 is 0 Å². The normalized spacial score (nSPS) is 12.6. The second-order valence-corrected chi connectivity index (χ2v) is 3.00. The van der Waals surface area contributed by atoms with Crippen LogP contribution in [0.25, 0.3) is 0 Å². The highest BCUT2D eigenvalue weighted by Crippen LogP contribution is 2.23. The molecule has 0 aromatic heterocycles. The second kappa shape index (κ2) is 4.33. The van der Waals surface area contributed by atoms with Crippen molar-refractivity contribution in [1.29, 1.82) is 0 Å².